The quantitative estimate of drug-likeness (QED) is 0.535. The average molecular weight is 192 g/mol. The lowest BCUT2D eigenvalue weighted by atomic mass is 9.55. The van der Waals surface area contributed by atoms with Crippen molar-refractivity contribution in [1.82, 2.24) is 0 Å². The number of rotatable bonds is 0. The lowest BCUT2D eigenvalue weighted by Crippen LogP contribution is -2.62. The maximum absolute atomic E-state index is 5.84. The normalized spacial score (nSPS) is 48.9. The van der Waals surface area contributed by atoms with E-state index in [1.807, 2.05) is 0 Å². The fourth-order valence-electron chi connectivity index (χ4n) is 3.96. The van der Waals surface area contributed by atoms with Gasteiger partial charge in [-0.05, 0) is 31.6 Å². The molecule has 1 heteroatoms. The predicted molar refractivity (Wildman–Crippen MR) is 57.1 cm³/mol. The predicted octanol–water partition coefficient (Wildman–Crippen LogP) is 3.30. The van der Waals surface area contributed by atoms with Gasteiger partial charge in [-0.3, -0.25) is 0 Å². The van der Waals surface area contributed by atoms with Crippen LogP contribution in [0.25, 0.3) is 0 Å². The third-order valence-corrected chi connectivity index (χ3v) is 5.00. The van der Waals surface area contributed by atoms with Crippen molar-refractivity contribution in [1.29, 1.82) is 0 Å². The first kappa shape index (κ1) is 8.96. The van der Waals surface area contributed by atoms with Crippen LogP contribution in [0.15, 0.2) is 11.6 Å². The standard InChI is InChI=1S/C13H20O/c1-11(2)6-4-7-13-9-14-12(13,3)8-5-10(11)13/h5H,4,6-9H2,1-3H3. The molecule has 3 rings (SSSR count). The highest BCUT2D eigenvalue weighted by Gasteiger charge is 2.65. The summed E-state index contributed by atoms with van der Waals surface area (Å²) in [5.74, 6) is 0. The highest BCUT2D eigenvalue weighted by molar-refractivity contribution is 5.38. The molecule has 3 aliphatic rings. The van der Waals surface area contributed by atoms with Crippen LogP contribution < -0.4 is 0 Å². The Kier molecular flexibility index (Phi) is 1.45. The van der Waals surface area contributed by atoms with E-state index in [0.29, 0.717) is 10.8 Å². The minimum Gasteiger partial charge on any atom is -0.373 e. The summed E-state index contributed by atoms with van der Waals surface area (Å²) in [5, 5.41) is 0. The summed E-state index contributed by atoms with van der Waals surface area (Å²) < 4.78 is 5.84. The first-order chi connectivity index (χ1) is 6.50. The highest BCUT2D eigenvalue weighted by atomic mass is 16.5. The zero-order valence-electron chi connectivity index (χ0n) is 9.52. The van der Waals surface area contributed by atoms with Gasteiger partial charge in [0.15, 0.2) is 0 Å². The molecule has 0 aromatic carbocycles. The van der Waals surface area contributed by atoms with Crippen LogP contribution in [0.4, 0.5) is 0 Å². The Morgan fingerprint density at radius 2 is 2.00 bits per heavy atom. The van der Waals surface area contributed by atoms with Crippen molar-refractivity contribution < 1.29 is 4.74 Å². The lowest BCUT2D eigenvalue weighted by Gasteiger charge is -2.60. The van der Waals surface area contributed by atoms with E-state index in [4.69, 9.17) is 4.74 Å². The Labute approximate surface area is 86.5 Å². The largest absolute Gasteiger partial charge is 0.373 e. The van der Waals surface area contributed by atoms with E-state index in [0.717, 1.165) is 13.0 Å². The van der Waals surface area contributed by atoms with Crippen molar-refractivity contribution in [2.45, 2.75) is 52.1 Å². The van der Waals surface area contributed by atoms with Gasteiger partial charge in [0.05, 0.1) is 12.2 Å². The van der Waals surface area contributed by atoms with Crippen LogP contribution in [0.2, 0.25) is 0 Å². The van der Waals surface area contributed by atoms with Crippen LogP contribution in [-0.4, -0.2) is 12.2 Å². The monoisotopic (exact) mass is 192 g/mol. The fraction of sp³-hybridized carbons (Fsp3) is 0.846. The van der Waals surface area contributed by atoms with Gasteiger partial charge in [0.1, 0.15) is 0 Å². The van der Waals surface area contributed by atoms with Crippen molar-refractivity contribution in [3.8, 4) is 0 Å². The van der Waals surface area contributed by atoms with Gasteiger partial charge in [-0.2, -0.15) is 0 Å². The molecule has 0 aromatic rings. The van der Waals surface area contributed by atoms with E-state index in [1.165, 1.54) is 19.3 Å². The van der Waals surface area contributed by atoms with E-state index in [9.17, 15) is 0 Å². The number of hydrogen-bond acceptors (Lipinski definition) is 1. The maximum Gasteiger partial charge on any atom is 0.0804 e. The second-order valence-corrected chi connectivity index (χ2v) is 6.16. The molecule has 1 saturated carbocycles. The van der Waals surface area contributed by atoms with Crippen molar-refractivity contribution >= 4 is 0 Å². The minimum absolute atomic E-state index is 0.167. The molecule has 2 unspecified atom stereocenters. The Morgan fingerprint density at radius 1 is 1.21 bits per heavy atom. The molecule has 0 radical (unpaired) electrons. The molecular formula is C13H20O. The van der Waals surface area contributed by atoms with E-state index in [1.54, 1.807) is 5.57 Å². The van der Waals surface area contributed by atoms with E-state index >= 15 is 0 Å². The van der Waals surface area contributed by atoms with Crippen LogP contribution in [0, 0.1) is 10.8 Å². The zero-order valence-corrected chi connectivity index (χ0v) is 9.52. The summed E-state index contributed by atoms with van der Waals surface area (Å²) in [7, 11) is 0. The smallest absolute Gasteiger partial charge is 0.0804 e. The first-order valence-corrected chi connectivity index (χ1v) is 5.85. The van der Waals surface area contributed by atoms with Crippen molar-refractivity contribution in [2.24, 2.45) is 10.8 Å². The summed E-state index contributed by atoms with van der Waals surface area (Å²) in [5.41, 5.74) is 2.75. The van der Waals surface area contributed by atoms with Gasteiger partial charge in [-0.1, -0.05) is 31.9 Å². The van der Waals surface area contributed by atoms with Gasteiger partial charge in [0.25, 0.3) is 0 Å². The van der Waals surface area contributed by atoms with Crippen LogP contribution in [0.5, 0.6) is 0 Å². The van der Waals surface area contributed by atoms with E-state index < -0.39 is 0 Å². The molecule has 0 aromatic heterocycles. The minimum atomic E-state index is 0.167. The molecule has 0 bridgehead atoms. The molecule has 1 nitrogen and oxygen atoms in total. The summed E-state index contributed by atoms with van der Waals surface area (Å²) in [6.07, 6.45) is 7.72. The van der Waals surface area contributed by atoms with Gasteiger partial charge in [0, 0.05) is 5.41 Å². The van der Waals surface area contributed by atoms with Crippen LogP contribution in [0.1, 0.15) is 46.5 Å². The maximum atomic E-state index is 5.84. The Balaban J connectivity index is 2.06. The molecule has 2 atom stereocenters. The average Bonchev–Trinajstić information content (AvgIpc) is 2.29. The second-order valence-electron chi connectivity index (χ2n) is 6.16. The SMILES string of the molecule is CC1(C)CCCC23COC2(C)CC=C13. The molecule has 2 aliphatic carbocycles. The zero-order chi connectivity index (χ0) is 10.0. The van der Waals surface area contributed by atoms with Gasteiger partial charge >= 0.3 is 0 Å². The third-order valence-electron chi connectivity index (χ3n) is 5.00. The molecule has 0 N–H and O–H groups in total. The van der Waals surface area contributed by atoms with Crippen molar-refractivity contribution in [2.75, 3.05) is 6.61 Å². The Bertz CT molecular complexity index is 315. The molecule has 1 saturated heterocycles. The van der Waals surface area contributed by atoms with Crippen molar-refractivity contribution in [3.63, 3.8) is 0 Å². The first-order valence-electron chi connectivity index (χ1n) is 5.85. The topological polar surface area (TPSA) is 9.23 Å². The fourth-order valence-corrected chi connectivity index (χ4v) is 3.96. The molecule has 1 spiro atoms. The van der Waals surface area contributed by atoms with Gasteiger partial charge in [0.2, 0.25) is 0 Å². The molecular weight excluding hydrogens is 172 g/mol. The van der Waals surface area contributed by atoms with Gasteiger partial charge in [-0.25, -0.2) is 0 Å². The van der Waals surface area contributed by atoms with Crippen LogP contribution >= 0.6 is 0 Å². The highest BCUT2D eigenvalue weighted by Crippen LogP contribution is 2.66. The Morgan fingerprint density at radius 3 is 2.57 bits per heavy atom. The molecule has 2 fully saturated rings. The van der Waals surface area contributed by atoms with Crippen molar-refractivity contribution in [3.05, 3.63) is 11.6 Å². The molecule has 1 heterocycles. The summed E-state index contributed by atoms with van der Waals surface area (Å²) in [6.45, 7) is 8.10. The molecule has 1 aliphatic heterocycles. The number of hydrogen-bond donors (Lipinski definition) is 0. The third kappa shape index (κ3) is 0.770. The van der Waals surface area contributed by atoms with Gasteiger partial charge in [-0.15, -0.1) is 0 Å². The lowest BCUT2D eigenvalue weighted by molar-refractivity contribution is -0.242. The number of ether oxygens (including phenoxy) is 1. The summed E-state index contributed by atoms with van der Waals surface area (Å²) >= 11 is 0. The molecule has 0 amide bonds. The summed E-state index contributed by atoms with van der Waals surface area (Å²) in [4.78, 5) is 0. The summed E-state index contributed by atoms with van der Waals surface area (Å²) in [6, 6.07) is 0. The van der Waals surface area contributed by atoms with E-state index in [-0.39, 0.29) is 5.60 Å². The molecule has 78 valence electrons. The Hall–Kier alpha value is -0.300. The van der Waals surface area contributed by atoms with E-state index in [2.05, 4.69) is 26.8 Å². The van der Waals surface area contributed by atoms with Crippen LogP contribution in [0.3, 0.4) is 0 Å². The van der Waals surface area contributed by atoms with Crippen LogP contribution in [-0.2, 0) is 4.74 Å². The second kappa shape index (κ2) is 2.27. The molecule has 14 heavy (non-hydrogen) atoms. The van der Waals surface area contributed by atoms with Gasteiger partial charge < -0.3 is 4.74 Å².